The van der Waals surface area contributed by atoms with E-state index in [1.807, 2.05) is 13.8 Å². The van der Waals surface area contributed by atoms with Gasteiger partial charge in [0.1, 0.15) is 12.7 Å². The summed E-state index contributed by atoms with van der Waals surface area (Å²) in [6, 6.07) is 0. The second-order valence-electron chi connectivity index (χ2n) is 3.66. The van der Waals surface area contributed by atoms with Gasteiger partial charge in [0, 0.05) is 13.8 Å². The fourth-order valence-corrected chi connectivity index (χ4v) is 1.12. The van der Waals surface area contributed by atoms with Crippen LogP contribution >= 0.6 is 0 Å². The summed E-state index contributed by atoms with van der Waals surface area (Å²) >= 11 is 0. The Bertz CT molecular complexity index is 198. The molecule has 0 rings (SSSR count). The summed E-state index contributed by atoms with van der Waals surface area (Å²) < 4.78 is 9.79. The summed E-state index contributed by atoms with van der Waals surface area (Å²) in [5.74, 6) is -0.302. The highest BCUT2D eigenvalue weighted by Gasteiger charge is 2.15. The molecule has 0 saturated carbocycles. The molecule has 0 aliphatic rings. The molecular weight excluding hydrogens is 184 g/mol. The van der Waals surface area contributed by atoms with E-state index in [2.05, 4.69) is 0 Å². The van der Waals surface area contributed by atoms with E-state index >= 15 is 0 Å². The molecule has 0 aromatic rings. The van der Waals surface area contributed by atoms with Gasteiger partial charge in [-0.25, -0.2) is 0 Å². The fraction of sp³-hybridized carbons (Fsp3) is 0.800. The Kier molecular flexibility index (Phi) is 5.92. The topological polar surface area (TPSA) is 52.6 Å². The zero-order chi connectivity index (χ0) is 11.1. The van der Waals surface area contributed by atoms with Crippen molar-refractivity contribution < 1.29 is 19.1 Å². The largest absolute Gasteiger partial charge is 0.462 e. The number of hydrogen-bond acceptors (Lipinski definition) is 4. The summed E-state index contributed by atoms with van der Waals surface area (Å²) in [5.41, 5.74) is 0. The summed E-state index contributed by atoms with van der Waals surface area (Å²) in [4.78, 5) is 21.3. The third kappa shape index (κ3) is 7.58. The standard InChI is InChI=1S/C10H18O4/c1-7(2)5-10(14-9(4)12)6-13-8(3)11/h7,10H,5-6H2,1-4H3/t10-/m0/s1. The number of carbonyl (C=O) groups is 2. The normalized spacial score (nSPS) is 12.4. The molecule has 0 aliphatic heterocycles. The number of esters is 2. The average molecular weight is 202 g/mol. The Balaban J connectivity index is 3.96. The highest BCUT2D eigenvalue weighted by atomic mass is 16.6. The monoisotopic (exact) mass is 202 g/mol. The first kappa shape index (κ1) is 12.9. The lowest BCUT2D eigenvalue weighted by Gasteiger charge is -2.18. The van der Waals surface area contributed by atoms with Crippen LogP contribution in [0.3, 0.4) is 0 Å². The number of ether oxygens (including phenoxy) is 2. The van der Waals surface area contributed by atoms with Crippen LogP contribution in [0.25, 0.3) is 0 Å². The highest BCUT2D eigenvalue weighted by molar-refractivity contribution is 5.67. The molecule has 0 radical (unpaired) electrons. The Hall–Kier alpha value is -1.06. The van der Waals surface area contributed by atoms with Gasteiger partial charge in [-0.3, -0.25) is 9.59 Å². The lowest BCUT2D eigenvalue weighted by atomic mass is 10.1. The van der Waals surface area contributed by atoms with E-state index in [1.54, 1.807) is 0 Å². The van der Waals surface area contributed by atoms with Crippen molar-refractivity contribution in [2.75, 3.05) is 6.61 Å². The molecule has 0 fully saturated rings. The van der Waals surface area contributed by atoms with Gasteiger partial charge < -0.3 is 9.47 Å². The zero-order valence-corrected chi connectivity index (χ0v) is 9.20. The maximum Gasteiger partial charge on any atom is 0.303 e. The summed E-state index contributed by atoms with van der Waals surface area (Å²) in [6.45, 7) is 6.86. The molecule has 0 saturated heterocycles. The van der Waals surface area contributed by atoms with Crippen LogP contribution < -0.4 is 0 Å². The van der Waals surface area contributed by atoms with Gasteiger partial charge in [0.25, 0.3) is 0 Å². The van der Waals surface area contributed by atoms with Crippen LogP contribution in [-0.4, -0.2) is 24.6 Å². The maximum atomic E-state index is 10.7. The second kappa shape index (κ2) is 6.40. The average Bonchev–Trinajstić information content (AvgIpc) is 1.97. The van der Waals surface area contributed by atoms with Gasteiger partial charge in [-0.1, -0.05) is 13.8 Å². The molecule has 0 aliphatic carbocycles. The van der Waals surface area contributed by atoms with Crippen LogP contribution in [0.2, 0.25) is 0 Å². The summed E-state index contributed by atoms with van der Waals surface area (Å²) in [7, 11) is 0. The van der Waals surface area contributed by atoms with E-state index in [4.69, 9.17) is 9.47 Å². The first-order chi connectivity index (χ1) is 6.41. The van der Waals surface area contributed by atoms with E-state index in [1.165, 1.54) is 13.8 Å². The smallest absolute Gasteiger partial charge is 0.303 e. The van der Waals surface area contributed by atoms with Crippen molar-refractivity contribution in [1.29, 1.82) is 0 Å². The van der Waals surface area contributed by atoms with Gasteiger partial charge >= 0.3 is 11.9 Å². The van der Waals surface area contributed by atoms with Crippen molar-refractivity contribution in [2.24, 2.45) is 5.92 Å². The van der Waals surface area contributed by atoms with Crippen molar-refractivity contribution in [3.05, 3.63) is 0 Å². The van der Waals surface area contributed by atoms with E-state index in [9.17, 15) is 9.59 Å². The van der Waals surface area contributed by atoms with Crippen LogP contribution in [0.4, 0.5) is 0 Å². The second-order valence-corrected chi connectivity index (χ2v) is 3.66. The lowest BCUT2D eigenvalue weighted by molar-refractivity contribution is -0.157. The van der Waals surface area contributed by atoms with E-state index in [0.717, 1.165) is 0 Å². The Morgan fingerprint density at radius 1 is 1.14 bits per heavy atom. The molecule has 0 bridgehead atoms. The Morgan fingerprint density at radius 3 is 2.07 bits per heavy atom. The quantitative estimate of drug-likeness (QED) is 0.634. The van der Waals surface area contributed by atoms with Crippen LogP contribution in [0.1, 0.15) is 34.1 Å². The first-order valence-electron chi connectivity index (χ1n) is 4.72. The third-order valence-electron chi connectivity index (χ3n) is 1.54. The van der Waals surface area contributed by atoms with E-state index in [0.29, 0.717) is 12.3 Å². The molecular formula is C10H18O4. The number of carbonyl (C=O) groups excluding carboxylic acids is 2. The van der Waals surface area contributed by atoms with Gasteiger partial charge in [0.15, 0.2) is 0 Å². The predicted molar refractivity (Wildman–Crippen MR) is 51.6 cm³/mol. The molecule has 0 N–H and O–H groups in total. The highest BCUT2D eigenvalue weighted by Crippen LogP contribution is 2.09. The SMILES string of the molecule is CC(=O)OC[C@H](CC(C)C)OC(C)=O. The molecule has 0 amide bonds. The van der Waals surface area contributed by atoms with Crippen molar-refractivity contribution >= 4 is 11.9 Å². The van der Waals surface area contributed by atoms with Crippen LogP contribution in [0.15, 0.2) is 0 Å². The van der Waals surface area contributed by atoms with Gasteiger partial charge in [-0.05, 0) is 12.3 Å². The summed E-state index contributed by atoms with van der Waals surface area (Å²) in [5, 5.41) is 0. The maximum absolute atomic E-state index is 10.7. The molecule has 0 aromatic heterocycles. The van der Waals surface area contributed by atoms with Crippen molar-refractivity contribution in [2.45, 2.75) is 40.2 Å². The molecule has 14 heavy (non-hydrogen) atoms. The van der Waals surface area contributed by atoms with Gasteiger partial charge in [-0.2, -0.15) is 0 Å². The molecule has 0 unspecified atom stereocenters. The van der Waals surface area contributed by atoms with Crippen LogP contribution in [-0.2, 0) is 19.1 Å². The molecule has 4 heteroatoms. The molecule has 0 aromatic carbocycles. The molecule has 0 spiro atoms. The first-order valence-corrected chi connectivity index (χ1v) is 4.72. The van der Waals surface area contributed by atoms with E-state index < -0.39 is 0 Å². The van der Waals surface area contributed by atoms with Crippen molar-refractivity contribution in [3.63, 3.8) is 0 Å². The van der Waals surface area contributed by atoms with Gasteiger partial charge in [0.05, 0.1) is 0 Å². The zero-order valence-electron chi connectivity index (χ0n) is 9.20. The van der Waals surface area contributed by atoms with Crippen molar-refractivity contribution in [1.82, 2.24) is 0 Å². The Labute approximate surface area is 84.6 Å². The minimum Gasteiger partial charge on any atom is -0.462 e. The third-order valence-corrected chi connectivity index (χ3v) is 1.54. The fourth-order valence-electron chi connectivity index (χ4n) is 1.12. The Morgan fingerprint density at radius 2 is 1.71 bits per heavy atom. The molecule has 4 nitrogen and oxygen atoms in total. The number of rotatable bonds is 5. The minimum absolute atomic E-state index is 0.146. The van der Waals surface area contributed by atoms with Crippen LogP contribution in [0.5, 0.6) is 0 Å². The van der Waals surface area contributed by atoms with Crippen molar-refractivity contribution in [3.8, 4) is 0 Å². The molecule has 82 valence electrons. The predicted octanol–water partition coefficient (Wildman–Crippen LogP) is 1.53. The molecule has 1 atom stereocenters. The van der Waals surface area contributed by atoms with Crippen LogP contribution in [0, 0.1) is 5.92 Å². The molecule has 0 heterocycles. The van der Waals surface area contributed by atoms with E-state index in [-0.39, 0.29) is 24.6 Å². The number of hydrogen-bond donors (Lipinski definition) is 0. The van der Waals surface area contributed by atoms with Gasteiger partial charge in [0.2, 0.25) is 0 Å². The lowest BCUT2D eigenvalue weighted by Crippen LogP contribution is -2.25. The van der Waals surface area contributed by atoms with Gasteiger partial charge in [-0.15, -0.1) is 0 Å². The summed E-state index contributed by atoms with van der Waals surface area (Å²) in [6.07, 6.45) is 0.378. The minimum atomic E-state index is -0.356.